The van der Waals surface area contributed by atoms with Gasteiger partial charge in [-0.2, -0.15) is 0 Å². The third-order valence-electron chi connectivity index (χ3n) is 10.1. The Morgan fingerprint density at radius 3 is 1.79 bits per heavy atom. The van der Waals surface area contributed by atoms with E-state index >= 15 is 0 Å². The molecule has 1 aliphatic carbocycles. The van der Waals surface area contributed by atoms with Crippen molar-refractivity contribution >= 4 is 72.6 Å². The molecule has 0 unspecified atom stereocenters. The van der Waals surface area contributed by atoms with Gasteiger partial charge in [-0.15, -0.1) is 0 Å². The monoisotopic (exact) mass is 596 g/mol. The largest absolute Gasteiger partial charge is 0.256 e. The highest BCUT2D eigenvalue weighted by atomic mass is 14.7. The summed E-state index contributed by atoms with van der Waals surface area (Å²) in [7, 11) is 0. The molecule has 9 aromatic rings. The van der Waals surface area contributed by atoms with Gasteiger partial charge in [0, 0.05) is 34.3 Å². The van der Waals surface area contributed by atoms with Crippen LogP contribution in [0.25, 0.3) is 95.1 Å². The SMILES string of the molecule is C=c1/c2c3cc4c(-c5ccccn5)c5c6cccc7cccc(c5c(-c5ccccn5)c4cc3/c1=C\C=C/Cc1ccccc1/C=2)c76. The molecule has 218 valence electrons. The molecule has 0 fully saturated rings. The predicted molar refractivity (Wildman–Crippen MR) is 199 cm³/mol. The third-order valence-corrected chi connectivity index (χ3v) is 10.1. The van der Waals surface area contributed by atoms with E-state index < -0.39 is 0 Å². The smallest absolute Gasteiger partial charge is 0.0714 e. The zero-order chi connectivity index (χ0) is 31.1. The highest BCUT2D eigenvalue weighted by Crippen LogP contribution is 2.50. The van der Waals surface area contributed by atoms with E-state index in [1.165, 1.54) is 75.4 Å². The molecular formula is C45H28N2. The summed E-state index contributed by atoms with van der Waals surface area (Å²) in [6.45, 7) is 4.68. The summed E-state index contributed by atoms with van der Waals surface area (Å²) in [5, 5.41) is 15.6. The molecule has 2 aromatic heterocycles. The van der Waals surface area contributed by atoms with Gasteiger partial charge in [-0.1, -0.05) is 97.6 Å². The molecule has 2 heteroatoms. The van der Waals surface area contributed by atoms with E-state index in [9.17, 15) is 0 Å². The number of hydrogen-bond donors (Lipinski definition) is 0. The molecule has 0 atom stereocenters. The Morgan fingerprint density at radius 1 is 0.532 bits per heavy atom. The molecular weight excluding hydrogens is 569 g/mol. The van der Waals surface area contributed by atoms with Gasteiger partial charge in [-0.3, -0.25) is 9.97 Å². The lowest BCUT2D eigenvalue weighted by Gasteiger charge is -2.16. The second-order valence-electron chi connectivity index (χ2n) is 12.5. The Hall–Kier alpha value is -6.12. The van der Waals surface area contributed by atoms with Gasteiger partial charge in [-0.05, 0) is 119 Å². The number of allylic oxidation sites excluding steroid dienone is 2. The molecule has 0 amide bonds. The Labute approximate surface area is 271 Å². The van der Waals surface area contributed by atoms with Crippen LogP contribution in [0, 0.1) is 0 Å². The quantitative estimate of drug-likeness (QED) is 0.199. The first kappa shape index (κ1) is 26.1. The molecule has 2 heterocycles. The average Bonchev–Trinajstić information content (AvgIpc) is 3.57. The number of fused-ring (bicyclic) bond motifs is 10. The zero-order valence-electron chi connectivity index (χ0n) is 25.7. The Balaban J connectivity index is 1.52. The van der Waals surface area contributed by atoms with Crippen molar-refractivity contribution in [2.24, 2.45) is 0 Å². The first-order valence-corrected chi connectivity index (χ1v) is 16.2. The fourth-order valence-electron chi connectivity index (χ4n) is 8.03. The van der Waals surface area contributed by atoms with Crippen LogP contribution in [0.3, 0.4) is 0 Å². The van der Waals surface area contributed by atoms with Crippen molar-refractivity contribution in [1.29, 1.82) is 0 Å². The van der Waals surface area contributed by atoms with E-state index in [1.54, 1.807) is 0 Å². The summed E-state index contributed by atoms with van der Waals surface area (Å²) >= 11 is 0. The van der Waals surface area contributed by atoms with Crippen LogP contribution in [0.15, 0.2) is 134 Å². The molecule has 0 saturated heterocycles. The highest BCUT2D eigenvalue weighted by Gasteiger charge is 2.25. The van der Waals surface area contributed by atoms with Crippen LogP contribution in [-0.2, 0) is 6.42 Å². The van der Waals surface area contributed by atoms with Crippen LogP contribution >= 0.6 is 0 Å². The van der Waals surface area contributed by atoms with E-state index in [-0.39, 0.29) is 0 Å². The molecule has 0 spiro atoms. The minimum Gasteiger partial charge on any atom is -0.256 e. The molecule has 2 nitrogen and oxygen atoms in total. The van der Waals surface area contributed by atoms with Gasteiger partial charge in [0.25, 0.3) is 0 Å². The molecule has 0 radical (unpaired) electrons. The van der Waals surface area contributed by atoms with E-state index in [2.05, 4.69) is 128 Å². The maximum atomic E-state index is 5.00. The summed E-state index contributed by atoms with van der Waals surface area (Å²) in [5.74, 6) is 0. The summed E-state index contributed by atoms with van der Waals surface area (Å²) < 4.78 is 0. The summed E-state index contributed by atoms with van der Waals surface area (Å²) in [6, 6.07) is 39.3. The van der Waals surface area contributed by atoms with Crippen molar-refractivity contribution < 1.29 is 0 Å². The van der Waals surface area contributed by atoms with Crippen LogP contribution in [0.4, 0.5) is 0 Å². The van der Waals surface area contributed by atoms with Gasteiger partial charge in [-0.25, -0.2) is 0 Å². The lowest BCUT2D eigenvalue weighted by Crippen LogP contribution is -2.31. The van der Waals surface area contributed by atoms with Gasteiger partial charge in [0.05, 0.1) is 11.4 Å². The van der Waals surface area contributed by atoms with Crippen LogP contribution in [-0.4, -0.2) is 9.97 Å². The van der Waals surface area contributed by atoms with E-state index in [1.807, 2.05) is 24.5 Å². The van der Waals surface area contributed by atoms with Crippen molar-refractivity contribution in [3.63, 3.8) is 0 Å². The summed E-state index contributed by atoms with van der Waals surface area (Å²) in [6.07, 6.45) is 13.7. The second kappa shape index (κ2) is 9.94. The second-order valence-corrected chi connectivity index (χ2v) is 12.5. The minimum absolute atomic E-state index is 0.889. The number of hydrogen-bond acceptors (Lipinski definition) is 2. The molecule has 0 N–H and O–H groups in total. The average molecular weight is 597 g/mol. The van der Waals surface area contributed by atoms with Gasteiger partial charge in [0.15, 0.2) is 0 Å². The van der Waals surface area contributed by atoms with Gasteiger partial charge in [0.2, 0.25) is 0 Å². The van der Waals surface area contributed by atoms with E-state index in [4.69, 9.17) is 9.97 Å². The molecule has 1 aliphatic rings. The summed E-state index contributed by atoms with van der Waals surface area (Å²) in [4.78, 5) is 9.99. The van der Waals surface area contributed by atoms with Crippen LogP contribution in [0.5, 0.6) is 0 Å². The number of rotatable bonds is 2. The highest BCUT2D eigenvalue weighted by molar-refractivity contribution is 6.40. The van der Waals surface area contributed by atoms with Crippen LogP contribution < -0.4 is 15.7 Å². The van der Waals surface area contributed by atoms with E-state index in [0.717, 1.165) is 34.2 Å². The topological polar surface area (TPSA) is 25.8 Å². The first-order chi connectivity index (χ1) is 23.3. The minimum atomic E-state index is 0.889. The number of aromatic nitrogens is 2. The molecule has 2 bridgehead atoms. The molecule has 0 saturated carbocycles. The first-order valence-electron chi connectivity index (χ1n) is 16.2. The molecule has 0 aliphatic heterocycles. The van der Waals surface area contributed by atoms with Crippen molar-refractivity contribution in [2.45, 2.75) is 6.42 Å². The van der Waals surface area contributed by atoms with Crippen molar-refractivity contribution in [1.82, 2.24) is 9.97 Å². The predicted octanol–water partition coefficient (Wildman–Crippen LogP) is 8.87. The lowest BCUT2D eigenvalue weighted by molar-refractivity contribution is 1.26. The summed E-state index contributed by atoms with van der Waals surface area (Å²) in [5.41, 5.74) is 6.80. The lowest BCUT2D eigenvalue weighted by atomic mass is 9.88. The Kier molecular flexibility index (Phi) is 5.53. The fraction of sp³-hybridized carbons (Fsp3) is 0.0222. The van der Waals surface area contributed by atoms with Crippen LogP contribution in [0.2, 0.25) is 0 Å². The van der Waals surface area contributed by atoms with Crippen molar-refractivity contribution in [3.05, 3.63) is 161 Å². The van der Waals surface area contributed by atoms with Crippen molar-refractivity contribution in [2.75, 3.05) is 0 Å². The van der Waals surface area contributed by atoms with Crippen LogP contribution in [0.1, 0.15) is 11.1 Å². The number of pyridine rings is 2. The standard InChI is InChI=1S/C45H28N2/c1-27-31-17-5-4-13-28-12-2-3-14-30(28)24-34(27)36-26-38-37(25-35(31)36)42(39-20-6-8-22-46-39)44-32-18-10-15-29-16-11-19-33(41(29)32)45(44)43(38)40-21-7-9-23-47-40/h2-12,14-26H,1,13H2/b5-4-,31-17-,34-24+. The van der Waals surface area contributed by atoms with Gasteiger partial charge >= 0.3 is 0 Å². The maximum absolute atomic E-state index is 5.00. The number of benzene rings is 5. The third kappa shape index (κ3) is 3.73. The number of nitrogens with zero attached hydrogens (tertiary/aromatic N) is 2. The normalized spacial score (nSPS) is 15.1. The zero-order valence-corrected chi connectivity index (χ0v) is 25.7. The fourth-order valence-corrected chi connectivity index (χ4v) is 8.03. The van der Waals surface area contributed by atoms with Gasteiger partial charge < -0.3 is 0 Å². The van der Waals surface area contributed by atoms with Gasteiger partial charge in [0.1, 0.15) is 0 Å². The molecule has 47 heavy (non-hydrogen) atoms. The maximum Gasteiger partial charge on any atom is 0.0714 e. The Morgan fingerprint density at radius 2 is 1.15 bits per heavy atom. The molecule has 10 rings (SSSR count). The molecule has 7 aromatic carbocycles. The van der Waals surface area contributed by atoms with E-state index in [0.29, 0.717) is 0 Å². The Bertz CT molecular complexity index is 2920. The van der Waals surface area contributed by atoms with Crippen molar-refractivity contribution in [3.8, 4) is 22.5 Å².